The smallest absolute Gasteiger partial charge is 0.254 e. The highest BCUT2D eigenvalue weighted by Crippen LogP contribution is 2.10. The van der Waals surface area contributed by atoms with Gasteiger partial charge in [0.05, 0.1) is 11.8 Å². The Morgan fingerprint density at radius 3 is 2.67 bits per heavy atom. The van der Waals surface area contributed by atoms with Gasteiger partial charge < -0.3 is 20.4 Å². The maximum Gasteiger partial charge on any atom is 0.254 e. The van der Waals surface area contributed by atoms with Gasteiger partial charge in [0.2, 0.25) is 0 Å². The minimum atomic E-state index is -0.155. The standard InChI is InChI=1S/C14H19N5O2/c1-3-15-12-8-13(19-10(2)18-12)16-5-6-17-14(20)11-4-7-21-9-11/h4,7-9H,3,5-6H2,1-2H3,(H,17,20)(H2,15,16,18,19). The Morgan fingerprint density at radius 1 is 1.24 bits per heavy atom. The third kappa shape index (κ3) is 4.48. The molecule has 0 unspecified atom stereocenters. The largest absolute Gasteiger partial charge is 0.472 e. The third-order valence-corrected chi connectivity index (χ3v) is 2.70. The van der Waals surface area contributed by atoms with Crippen molar-refractivity contribution in [2.24, 2.45) is 0 Å². The average Bonchev–Trinajstić information content (AvgIpc) is 2.97. The van der Waals surface area contributed by atoms with Crippen molar-refractivity contribution in [3.63, 3.8) is 0 Å². The van der Waals surface area contributed by atoms with Crippen molar-refractivity contribution < 1.29 is 9.21 Å². The molecule has 0 aliphatic rings. The van der Waals surface area contributed by atoms with E-state index in [9.17, 15) is 4.79 Å². The van der Waals surface area contributed by atoms with E-state index >= 15 is 0 Å². The normalized spacial score (nSPS) is 10.2. The van der Waals surface area contributed by atoms with Gasteiger partial charge in [-0.25, -0.2) is 9.97 Å². The first-order chi connectivity index (χ1) is 10.2. The molecule has 2 aromatic heterocycles. The molecule has 7 heteroatoms. The summed E-state index contributed by atoms with van der Waals surface area (Å²) >= 11 is 0. The highest BCUT2D eigenvalue weighted by atomic mass is 16.3. The Balaban J connectivity index is 1.79. The second kappa shape index (κ2) is 7.28. The van der Waals surface area contributed by atoms with Gasteiger partial charge in [-0.1, -0.05) is 0 Å². The molecular weight excluding hydrogens is 270 g/mol. The van der Waals surface area contributed by atoms with Crippen LogP contribution in [0.5, 0.6) is 0 Å². The number of nitrogens with one attached hydrogen (secondary N) is 3. The molecule has 2 aromatic rings. The molecule has 1 amide bonds. The molecule has 0 fully saturated rings. The summed E-state index contributed by atoms with van der Waals surface area (Å²) in [5.41, 5.74) is 0.516. The fraction of sp³-hybridized carbons (Fsp3) is 0.357. The quantitative estimate of drug-likeness (QED) is 0.671. The van der Waals surface area contributed by atoms with Crippen LogP contribution < -0.4 is 16.0 Å². The van der Waals surface area contributed by atoms with Crippen LogP contribution in [-0.2, 0) is 0 Å². The van der Waals surface area contributed by atoms with E-state index in [1.54, 1.807) is 6.07 Å². The Bertz CT molecular complexity index is 583. The summed E-state index contributed by atoms with van der Waals surface area (Å²) in [5, 5.41) is 9.09. The van der Waals surface area contributed by atoms with Crippen molar-refractivity contribution in [2.75, 3.05) is 30.3 Å². The number of aromatic nitrogens is 2. The Hall–Kier alpha value is -2.57. The SMILES string of the molecule is CCNc1cc(NCCNC(=O)c2ccoc2)nc(C)n1. The molecule has 2 heterocycles. The van der Waals surface area contributed by atoms with Crippen molar-refractivity contribution in [1.29, 1.82) is 0 Å². The highest BCUT2D eigenvalue weighted by Gasteiger charge is 2.05. The zero-order chi connectivity index (χ0) is 15.1. The molecule has 0 saturated heterocycles. The summed E-state index contributed by atoms with van der Waals surface area (Å²) in [5.74, 6) is 2.06. The van der Waals surface area contributed by atoms with Crippen molar-refractivity contribution in [1.82, 2.24) is 15.3 Å². The summed E-state index contributed by atoms with van der Waals surface area (Å²) in [7, 11) is 0. The minimum absolute atomic E-state index is 0.155. The van der Waals surface area contributed by atoms with E-state index in [1.807, 2.05) is 19.9 Å². The first kappa shape index (κ1) is 14.8. The van der Waals surface area contributed by atoms with Crippen LogP contribution >= 0.6 is 0 Å². The molecule has 0 spiro atoms. The lowest BCUT2D eigenvalue weighted by Gasteiger charge is -2.09. The minimum Gasteiger partial charge on any atom is -0.472 e. The average molecular weight is 289 g/mol. The molecule has 0 bridgehead atoms. The van der Waals surface area contributed by atoms with Gasteiger partial charge in [-0.05, 0) is 19.9 Å². The zero-order valence-electron chi connectivity index (χ0n) is 12.1. The van der Waals surface area contributed by atoms with Crippen LogP contribution in [-0.4, -0.2) is 35.5 Å². The number of amides is 1. The van der Waals surface area contributed by atoms with Crippen LogP contribution in [0, 0.1) is 6.92 Å². The Kier molecular flexibility index (Phi) is 5.14. The lowest BCUT2D eigenvalue weighted by Crippen LogP contribution is -2.28. The van der Waals surface area contributed by atoms with Crippen molar-refractivity contribution in [3.05, 3.63) is 36.0 Å². The van der Waals surface area contributed by atoms with Crippen LogP contribution in [0.1, 0.15) is 23.1 Å². The second-order valence-corrected chi connectivity index (χ2v) is 4.41. The van der Waals surface area contributed by atoms with Gasteiger partial charge in [0.25, 0.3) is 5.91 Å². The number of carbonyl (C=O) groups is 1. The van der Waals surface area contributed by atoms with Gasteiger partial charge in [-0.15, -0.1) is 0 Å². The van der Waals surface area contributed by atoms with Gasteiger partial charge in [0, 0.05) is 25.7 Å². The molecule has 0 aliphatic heterocycles. The van der Waals surface area contributed by atoms with Crippen LogP contribution in [0.25, 0.3) is 0 Å². The Morgan fingerprint density at radius 2 is 2.00 bits per heavy atom. The zero-order valence-corrected chi connectivity index (χ0v) is 12.1. The predicted molar refractivity (Wildman–Crippen MR) is 80.5 cm³/mol. The fourth-order valence-corrected chi connectivity index (χ4v) is 1.79. The Labute approximate surface area is 123 Å². The number of carbonyl (C=O) groups excluding carboxylic acids is 1. The first-order valence-corrected chi connectivity index (χ1v) is 6.83. The van der Waals surface area contributed by atoms with Gasteiger partial charge in [-0.2, -0.15) is 0 Å². The van der Waals surface area contributed by atoms with E-state index in [1.165, 1.54) is 12.5 Å². The number of furan rings is 1. The lowest BCUT2D eigenvalue weighted by molar-refractivity contribution is 0.0954. The number of rotatable bonds is 7. The summed E-state index contributed by atoms with van der Waals surface area (Å²) < 4.78 is 4.86. The summed E-state index contributed by atoms with van der Waals surface area (Å²) in [6, 6.07) is 3.47. The third-order valence-electron chi connectivity index (χ3n) is 2.70. The lowest BCUT2D eigenvalue weighted by atomic mass is 10.3. The van der Waals surface area contributed by atoms with Gasteiger partial charge in [0.1, 0.15) is 23.7 Å². The number of nitrogens with zero attached hydrogens (tertiary/aromatic N) is 2. The van der Waals surface area contributed by atoms with Crippen LogP contribution in [0.2, 0.25) is 0 Å². The summed E-state index contributed by atoms with van der Waals surface area (Å²) in [6.07, 6.45) is 2.89. The number of hydrogen-bond acceptors (Lipinski definition) is 6. The molecule has 21 heavy (non-hydrogen) atoms. The highest BCUT2D eigenvalue weighted by molar-refractivity contribution is 5.93. The maximum atomic E-state index is 11.7. The number of aryl methyl sites for hydroxylation is 1. The maximum absolute atomic E-state index is 11.7. The van der Waals surface area contributed by atoms with E-state index < -0.39 is 0 Å². The molecule has 7 nitrogen and oxygen atoms in total. The van der Waals surface area contributed by atoms with Crippen molar-refractivity contribution in [3.8, 4) is 0 Å². The van der Waals surface area contributed by atoms with E-state index in [0.717, 1.165) is 18.2 Å². The molecular formula is C14H19N5O2. The molecule has 2 rings (SSSR count). The van der Waals surface area contributed by atoms with Crippen LogP contribution in [0.4, 0.5) is 11.6 Å². The van der Waals surface area contributed by atoms with Crippen molar-refractivity contribution >= 4 is 17.5 Å². The van der Waals surface area contributed by atoms with Crippen LogP contribution in [0.15, 0.2) is 29.1 Å². The van der Waals surface area contributed by atoms with Gasteiger partial charge in [0.15, 0.2) is 0 Å². The molecule has 0 aromatic carbocycles. The molecule has 112 valence electrons. The monoisotopic (exact) mass is 289 g/mol. The molecule has 0 aliphatic carbocycles. The topological polar surface area (TPSA) is 92.1 Å². The van der Waals surface area contributed by atoms with Crippen LogP contribution in [0.3, 0.4) is 0 Å². The van der Waals surface area contributed by atoms with E-state index in [0.29, 0.717) is 24.5 Å². The van der Waals surface area contributed by atoms with Crippen molar-refractivity contribution in [2.45, 2.75) is 13.8 Å². The van der Waals surface area contributed by atoms with Gasteiger partial charge in [-0.3, -0.25) is 4.79 Å². The van der Waals surface area contributed by atoms with E-state index in [2.05, 4.69) is 25.9 Å². The number of hydrogen-bond donors (Lipinski definition) is 3. The predicted octanol–water partition coefficient (Wildman–Crippen LogP) is 1.65. The molecule has 0 saturated carbocycles. The summed E-state index contributed by atoms with van der Waals surface area (Å²) in [4.78, 5) is 20.2. The van der Waals surface area contributed by atoms with E-state index in [4.69, 9.17) is 4.42 Å². The molecule has 0 atom stereocenters. The number of anilines is 2. The second-order valence-electron chi connectivity index (χ2n) is 4.41. The first-order valence-electron chi connectivity index (χ1n) is 6.83. The molecule has 0 radical (unpaired) electrons. The van der Waals surface area contributed by atoms with E-state index in [-0.39, 0.29) is 5.91 Å². The molecule has 3 N–H and O–H groups in total. The van der Waals surface area contributed by atoms with Gasteiger partial charge >= 0.3 is 0 Å². The summed E-state index contributed by atoms with van der Waals surface area (Å²) in [6.45, 7) is 5.72. The fourth-order valence-electron chi connectivity index (χ4n) is 1.79.